The number of aromatic nitrogens is 2. The van der Waals surface area contributed by atoms with E-state index in [-0.39, 0.29) is 24.6 Å². The van der Waals surface area contributed by atoms with Crippen LogP contribution >= 0.6 is 11.7 Å². The van der Waals surface area contributed by atoms with Gasteiger partial charge < -0.3 is 10.0 Å². The second-order valence-corrected chi connectivity index (χ2v) is 4.79. The number of nitrogens with zero attached hydrogens (tertiary/aromatic N) is 3. The van der Waals surface area contributed by atoms with Crippen LogP contribution in [0.1, 0.15) is 22.5 Å². The fourth-order valence-electron chi connectivity index (χ4n) is 1.68. The molecule has 0 aliphatic rings. The highest BCUT2D eigenvalue weighted by atomic mass is 32.1. The number of anilines is 1. The number of aryl methyl sites for hydroxylation is 1. The predicted molar refractivity (Wildman–Crippen MR) is 75.0 cm³/mol. The quantitative estimate of drug-likeness (QED) is 0.910. The van der Waals surface area contributed by atoms with Crippen molar-refractivity contribution >= 4 is 29.3 Å². The van der Waals surface area contributed by atoms with Gasteiger partial charge in [-0.1, -0.05) is 17.7 Å². The summed E-state index contributed by atoms with van der Waals surface area (Å²) in [7, 11) is 0. The maximum atomic E-state index is 12.3. The molecular weight excluding hydrogens is 278 g/mol. The molecule has 20 heavy (non-hydrogen) atoms. The Morgan fingerprint density at radius 1 is 1.30 bits per heavy atom. The monoisotopic (exact) mass is 291 g/mol. The molecule has 0 spiro atoms. The molecule has 0 fully saturated rings. The van der Waals surface area contributed by atoms with Gasteiger partial charge in [0, 0.05) is 12.2 Å². The number of hydrogen-bond donors (Lipinski definition) is 1. The lowest BCUT2D eigenvalue weighted by atomic mass is 10.2. The van der Waals surface area contributed by atoms with Crippen LogP contribution in [0.25, 0.3) is 0 Å². The molecule has 6 nitrogen and oxygen atoms in total. The lowest BCUT2D eigenvalue weighted by Gasteiger charge is -2.21. The smallest absolute Gasteiger partial charge is 0.305 e. The van der Waals surface area contributed by atoms with Crippen molar-refractivity contribution in [2.45, 2.75) is 13.3 Å². The Kier molecular flexibility index (Phi) is 4.41. The molecule has 1 amide bonds. The van der Waals surface area contributed by atoms with Gasteiger partial charge in [0.05, 0.1) is 24.3 Å². The average Bonchev–Trinajstić information content (AvgIpc) is 2.94. The summed E-state index contributed by atoms with van der Waals surface area (Å²) in [5.74, 6) is -1.30. The summed E-state index contributed by atoms with van der Waals surface area (Å²) in [5, 5.41) is 8.80. The van der Waals surface area contributed by atoms with Crippen LogP contribution in [-0.4, -0.2) is 32.3 Å². The molecule has 0 saturated carbocycles. The van der Waals surface area contributed by atoms with E-state index in [2.05, 4.69) is 8.75 Å². The zero-order valence-corrected chi connectivity index (χ0v) is 11.6. The van der Waals surface area contributed by atoms with Gasteiger partial charge in [-0.05, 0) is 19.1 Å². The normalized spacial score (nSPS) is 10.2. The van der Waals surface area contributed by atoms with Crippen LogP contribution in [0.15, 0.2) is 30.5 Å². The van der Waals surface area contributed by atoms with Crippen molar-refractivity contribution in [3.8, 4) is 0 Å². The van der Waals surface area contributed by atoms with E-state index < -0.39 is 5.97 Å². The molecule has 0 atom stereocenters. The maximum absolute atomic E-state index is 12.3. The molecule has 0 bridgehead atoms. The van der Waals surface area contributed by atoms with E-state index in [1.165, 1.54) is 11.1 Å². The molecule has 104 valence electrons. The summed E-state index contributed by atoms with van der Waals surface area (Å²) >= 11 is 0.944. The van der Waals surface area contributed by atoms with Gasteiger partial charge in [0.2, 0.25) is 0 Å². The summed E-state index contributed by atoms with van der Waals surface area (Å²) in [5.41, 5.74) is 1.94. The topological polar surface area (TPSA) is 83.4 Å². The van der Waals surface area contributed by atoms with E-state index in [0.717, 1.165) is 17.3 Å². The van der Waals surface area contributed by atoms with Crippen LogP contribution in [0.5, 0.6) is 0 Å². The lowest BCUT2D eigenvalue weighted by molar-refractivity contribution is -0.136. The van der Waals surface area contributed by atoms with Crippen molar-refractivity contribution in [2.24, 2.45) is 0 Å². The molecular formula is C13H13N3O3S. The minimum absolute atomic E-state index is 0.0920. The number of carboxylic acid groups (broad SMARTS) is 1. The van der Waals surface area contributed by atoms with Crippen molar-refractivity contribution in [1.82, 2.24) is 8.75 Å². The summed E-state index contributed by atoms with van der Waals surface area (Å²) in [6, 6.07) is 7.31. The van der Waals surface area contributed by atoms with Gasteiger partial charge in [-0.25, -0.2) is 0 Å². The molecule has 0 aliphatic heterocycles. The summed E-state index contributed by atoms with van der Waals surface area (Å²) in [4.78, 5) is 24.5. The number of hydrogen-bond acceptors (Lipinski definition) is 5. The van der Waals surface area contributed by atoms with E-state index in [0.29, 0.717) is 5.69 Å². The van der Waals surface area contributed by atoms with Gasteiger partial charge in [-0.3, -0.25) is 9.59 Å². The van der Waals surface area contributed by atoms with Crippen LogP contribution in [0, 0.1) is 6.92 Å². The summed E-state index contributed by atoms with van der Waals surface area (Å²) < 4.78 is 7.69. The highest BCUT2D eigenvalue weighted by Gasteiger charge is 2.20. The third-order valence-electron chi connectivity index (χ3n) is 2.72. The Morgan fingerprint density at radius 3 is 2.55 bits per heavy atom. The number of carbonyl (C=O) groups excluding carboxylic acids is 1. The number of carboxylic acids is 1. The molecule has 2 aromatic rings. The first-order chi connectivity index (χ1) is 9.58. The Morgan fingerprint density at radius 2 is 2.00 bits per heavy atom. The van der Waals surface area contributed by atoms with Crippen LogP contribution in [-0.2, 0) is 4.79 Å². The van der Waals surface area contributed by atoms with Gasteiger partial charge in [-0.2, -0.15) is 8.75 Å². The standard InChI is InChI=1S/C13H13N3O3S/c1-9-2-4-10(5-3-9)16(7-6-12(17)18)13(19)11-8-14-20-15-11/h2-5,8H,6-7H2,1H3,(H,17,18). The van der Waals surface area contributed by atoms with Crippen molar-refractivity contribution in [3.05, 3.63) is 41.7 Å². The Bertz CT molecular complexity index is 596. The molecule has 0 saturated heterocycles. The maximum Gasteiger partial charge on any atom is 0.305 e. The zero-order chi connectivity index (χ0) is 14.5. The third-order valence-corrected chi connectivity index (χ3v) is 3.20. The molecule has 7 heteroatoms. The van der Waals surface area contributed by atoms with Crippen molar-refractivity contribution in [1.29, 1.82) is 0 Å². The van der Waals surface area contributed by atoms with E-state index >= 15 is 0 Å². The Labute approximate surface area is 120 Å². The number of carbonyl (C=O) groups is 2. The highest BCUT2D eigenvalue weighted by molar-refractivity contribution is 6.99. The van der Waals surface area contributed by atoms with Gasteiger partial charge in [0.1, 0.15) is 0 Å². The minimum Gasteiger partial charge on any atom is -0.481 e. The molecule has 1 aromatic carbocycles. The van der Waals surface area contributed by atoms with Crippen molar-refractivity contribution in [3.63, 3.8) is 0 Å². The van der Waals surface area contributed by atoms with E-state index in [1.807, 2.05) is 19.1 Å². The Balaban J connectivity index is 2.26. The molecule has 2 rings (SSSR count). The first kappa shape index (κ1) is 14.1. The van der Waals surface area contributed by atoms with Gasteiger partial charge in [0.25, 0.3) is 5.91 Å². The molecule has 0 aliphatic carbocycles. The van der Waals surface area contributed by atoms with Gasteiger partial charge in [0.15, 0.2) is 5.69 Å². The summed E-state index contributed by atoms with van der Waals surface area (Å²) in [6.45, 7) is 2.03. The summed E-state index contributed by atoms with van der Waals surface area (Å²) in [6.07, 6.45) is 1.26. The van der Waals surface area contributed by atoms with Crippen LogP contribution in [0.2, 0.25) is 0 Å². The molecule has 1 heterocycles. The molecule has 1 N–H and O–H groups in total. The number of benzene rings is 1. The van der Waals surface area contributed by atoms with Crippen LogP contribution < -0.4 is 4.90 Å². The molecule has 0 unspecified atom stereocenters. The van der Waals surface area contributed by atoms with Crippen molar-refractivity contribution in [2.75, 3.05) is 11.4 Å². The minimum atomic E-state index is -0.952. The van der Waals surface area contributed by atoms with Gasteiger partial charge in [-0.15, -0.1) is 0 Å². The number of aliphatic carboxylic acids is 1. The average molecular weight is 291 g/mol. The third kappa shape index (κ3) is 3.39. The highest BCUT2D eigenvalue weighted by Crippen LogP contribution is 2.18. The van der Waals surface area contributed by atoms with Crippen molar-refractivity contribution < 1.29 is 14.7 Å². The zero-order valence-electron chi connectivity index (χ0n) is 10.8. The first-order valence-electron chi connectivity index (χ1n) is 5.96. The van der Waals surface area contributed by atoms with Gasteiger partial charge >= 0.3 is 5.97 Å². The van der Waals surface area contributed by atoms with E-state index in [4.69, 9.17) is 5.11 Å². The predicted octanol–water partition coefficient (Wildman–Crippen LogP) is 1.97. The fourth-order valence-corrected chi connectivity index (χ4v) is 2.08. The SMILES string of the molecule is Cc1ccc(N(CCC(=O)O)C(=O)c2cnsn2)cc1. The van der Waals surface area contributed by atoms with Crippen LogP contribution in [0.4, 0.5) is 5.69 Å². The second kappa shape index (κ2) is 6.25. The molecule has 1 aromatic heterocycles. The Hall–Kier alpha value is -2.28. The fraction of sp³-hybridized carbons (Fsp3) is 0.231. The van der Waals surface area contributed by atoms with E-state index in [1.54, 1.807) is 12.1 Å². The number of amides is 1. The largest absolute Gasteiger partial charge is 0.481 e. The first-order valence-corrected chi connectivity index (χ1v) is 6.69. The lowest BCUT2D eigenvalue weighted by Crippen LogP contribution is -2.33. The molecule has 0 radical (unpaired) electrons. The second-order valence-electron chi connectivity index (χ2n) is 4.23. The van der Waals surface area contributed by atoms with Crippen LogP contribution in [0.3, 0.4) is 0 Å². The number of rotatable bonds is 5. The van der Waals surface area contributed by atoms with E-state index in [9.17, 15) is 9.59 Å².